The molecule has 328 valence electrons. The van der Waals surface area contributed by atoms with Gasteiger partial charge < -0.3 is 28.6 Å². The maximum absolute atomic E-state index is 11.1. The molecule has 0 saturated heterocycles. The van der Waals surface area contributed by atoms with Gasteiger partial charge in [-0.3, -0.25) is 0 Å². The highest BCUT2D eigenvalue weighted by Gasteiger charge is 2.15. The minimum atomic E-state index is -0.976. The van der Waals surface area contributed by atoms with Gasteiger partial charge in [-0.1, -0.05) is 94.4 Å². The Morgan fingerprint density at radius 3 is 1.38 bits per heavy atom. The fourth-order valence-corrected chi connectivity index (χ4v) is 7.03. The Labute approximate surface area is 378 Å². The van der Waals surface area contributed by atoms with Gasteiger partial charge >= 0.3 is 17.9 Å². The lowest BCUT2D eigenvalue weighted by molar-refractivity contribution is 0.0686. The van der Waals surface area contributed by atoms with Gasteiger partial charge in [-0.05, 0) is 125 Å². The van der Waals surface area contributed by atoms with Crippen LogP contribution in [-0.2, 0) is 0 Å². The van der Waals surface area contributed by atoms with E-state index in [9.17, 15) is 14.4 Å². The molecule has 0 bridgehead atoms. The van der Waals surface area contributed by atoms with E-state index in [1.54, 1.807) is 36.4 Å². The molecule has 0 aliphatic heterocycles. The standard InChI is InChI=1S/C20H13NO3.2C17H15NO3/c22-20(23)16-8-4-7-15(11-16)19-21-17-10-9-14(12-18(17)24-19)13-5-2-1-3-6-13;1-10(2)11-3-5-12(6-4-11)16-18-14-9-13(17(19)20)7-8-15(14)21-16;1-10(2)11-3-5-12(6-4-11)16-18-14-8-7-13(17(19)20)9-15(14)21-16/h1-12H,(H,22,23);2*3-10H,1-2H3,(H,19,20). The summed E-state index contributed by atoms with van der Waals surface area (Å²) in [5.74, 6) is -0.552. The van der Waals surface area contributed by atoms with Crippen molar-refractivity contribution in [2.45, 2.75) is 39.5 Å². The number of nitrogens with zero attached hydrogens (tertiary/aromatic N) is 3. The van der Waals surface area contributed by atoms with Crippen molar-refractivity contribution in [1.29, 1.82) is 0 Å². The molecule has 0 fully saturated rings. The first-order chi connectivity index (χ1) is 31.8. The van der Waals surface area contributed by atoms with E-state index in [1.165, 1.54) is 35.4 Å². The molecule has 12 nitrogen and oxygen atoms in total. The zero-order valence-corrected chi connectivity index (χ0v) is 36.3. The first-order valence-electron chi connectivity index (χ1n) is 21.1. The van der Waals surface area contributed by atoms with Crippen LogP contribution in [0.3, 0.4) is 0 Å². The Bertz CT molecular complexity index is 3210. The van der Waals surface area contributed by atoms with Gasteiger partial charge in [0.2, 0.25) is 17.7 Å². The first kappa shape index (κ1) is 44.0. The van der Waals surface area contributed by atoms with Crippen molar-refractivity contribution >= 4 is 51.2 Å². The maximum atomic E-state index is 11.1. The predicted molar refractivity (Wildman–Crippen MR) is 253 cm³/mol. The number of fused-ring (bicyclic) bond motifs is 3. The van der Waals surface area contributed by atoms with E-state index < -0.39 is 17.9 Å². The third-order valence-electron chi connectivity index (χ3n) is 10.8. The van der Waals surface area contributed by atoms with Crippen LogP contribution >= 0.6 is 0 Å². The van der Waals surface area contributed by atoms with Crippen LogP contribution < -0.4 is 0 Å². The second kappa shape index (κ2) is 19.0. The lowest BCUT2D eigenvalue weighted by Crippen LogP contribution is -1.95. The molecule has 0 aliphatic rings. The van der Waals surface area contributed by atoms with Crippen LogP contribution in [0.5, 0.6) is 0 Å². The molecule has 0 amide bonds. The fraction of sp³-hybridized carbons (Fsp3) is 0.111. The predicted octanol–water partition coefficient (Wildman–Crippen LogP) is 13.5. The molecule has 3 aromatic heterocycles. The van der Waals surface area contributed by atoms with Crippen LogP contribution in [0.2, 0.25) is 0 Å². The fourth-order valence-electron chi connectivity index (χ4n) is 7.03. The van der Waals surface area contributed by atoms with Gasteiger partial charge in [0.25, 0.3) is 0 Å². The number of hydrogen-bond donors (Lipinski definition) is 3. The van der Waals surface area contributed by atoms with E-state index in [-0.39, 0.29) is 16.7 Å². The number of rotatable bonds is 9. The van der Waals surface area contributed by atoms with Gasteiger partial charge in [-0.15, -0.1) is 0 Å². The quantitative estimate of drug-likeness (QED) is 0.125. The molecule has 7 aromatic carbocycles. The SMILES string of the molecule is CC(C)c1ccc(-c2nc3cc(C(=O)O)ccc3o2)cc1.CC(C)c1ccc(-c2nc3ccc(C(=O)O)cc3o2)cc1.O=C(O)c1cccc(-c2nc3ccc(-c4ccccc4)cc3o2)c1. The van der Waals surface area contributed by atoms with Crippen molar-refractivity contribution in [2.75, 3.05) is 0 Å². The van der Waals surface area contributed by atoms with Crippen molar-refractivity contribution < 1.29 is 43.0 Å². The topological polar surface area (TPSA) is 190 Å². The minimum Gasteiger partial charge on any atom is -0.478 e. The van der Waals surface area contributed by atoms with Crippen LogP contribution in [0.15, 0.2) is 171 Å². The number of carbonyl (C=O) groups is 3. The Balaban J connectivity index is 0.000000135. The number of carboxylic acid groups (broad SMARTS) is 3. The summed E-state index contributed by atoms with van der Waals surface area (Å²) >= 11 is 0. The lowest BCUT2D eigenvalue weighted by atomic mass is 10.0. The van der Waals surface area contributed by atoms with Gasteiger partial charge in [0.1, 0.15) is 16.6 Å². The summed E-state index contributed by atoms with van der Waals surface area (Å²) in [5.41, 5.74) is 11.4. The second-order valence-corrected chi connectivity index (χ2v) is 16.0. The molecule has 0 atom stereocenters. The highest BCUT2D eigenvalue weighted by atomic mass is 16.4. The van der Waals surface area contributed by atoms with E-state index in [2.05, 4.69) is 66.9 Å². The van der Waals surface area contributed by atoms with E-state index in [1.807, 2.05) is 72.8 Å². The van der Waals surface area contributed by atoms with Gasteiger partial charge in [-0.25, -0.2) is 29.3 Å². The average Bonchev–Trinajstić information content (AvgIpc) is 4.09. The summed E-state index contributed by atoms with van der Waals surface area (Å²) in [6, 6.07) is 47.9. The van der Waals surface area contributed by atoms with Gasteiger partial charge in [0.05, 0.1) is 16.7 Å². The molecular weight excluding hydrogens is 835 g/mol. The summed E-state index contributed by atoms with van der Waals surface area (Å²) in [6.07, 6.45) is 0. The van der Waals surface area contributed by atoms with E-state index in [0.717, 1.165) is 27.8 Å². The third-order valence-corrected chi connectivity index (χ3v) is 10.8. The summed E-state index contributed by atoms with van der Waals surface area (Å²) in [6.45, 7) is 8.56. The highest BCUT2D eigenvalue weighted by molar-refractivity contribution is 5.93. The number of benzene rings is 7. The number of carboxylic acids is 3. The third kappa shape index (κ3) is 9.93. The Morgan fingerprint density at radius 1 is 0.379 bits per heavy atom. The molecule has 10 rings (SSSR count). The number of aromatic carboxylic acids is 3. The molecule has 3 N–H and O–H groups in total. The molecule has 0 spiro atoms. The molecule has 10 aromatic rings. The summed E-state index contributed by atoms with van der Waals surface area (Å²) in [4.78, 5) is 46.3. The van der Waals surface area contributed by atoms with Crippen LogP contribution in [-0.4, -0.2) is 48.2 Å². The van der Waals surface area contributed by atoms with Crippen molar-refractivity contribution in [3.8, 4) is 45.5 Å². The first-order valence-corrected chi connectivity index (χ1v) is 21.1. The summed E-state index contributed by atoms with van der Waals surface area (Å²) < 4.78 is 17.2. The maximum Gasteiger partial charge on any atom is 0.335 e. The zero-order chi connectivity index (χ0) is 46.5. The number of aromatic nitrogens is 3. The Morgan fingerprint density at radius 2 is 0.818 bits per heavy atom. The van der Waals surface area contributed by atoms with Crippen molar-refractivity contribution in [2.24, 2.45) is 0 Å². The van der Waals surface area contributed by atoms with Crippen molar-refractivity contribution in [1.82, 2.24) is 15.0 Å². The van der Waals surface area contributed by atoms with Crippen LogP contribution in [0.25, 0.3) is 78.8 Å². The lowest BCUT2D eigenvalue weighted by Gasteiger charge is -2.04. The van der Waals surface area contributed by atoms with Crippen molar-refractivity contribution in [3.63, 3.8) is 0 Å². The average molecular weight is 878 g/mol. The van der Waals surface area contributed by atoms with Gasteiger partial charge in [0, 0.05) is 16.7 Å². The molecule has 0 radical (unpaired) electrons. The van der Waals surface area contributed by atoms with Crippen LogP contribution in [0, 0.1) is 0 Å². The molecule has 66 heavy (non-hydrogen) atoms. The molecule has 3 heterocycles. The largest absolute Gasteiger partial charge is 0.478 e. The molecule has 0 saturated carbocycles. The monoisotopic (exact) mass is 877 g/mol. The molecule has 12 heteroatoms. The normalized spacial score (nSPS) is 11.1. The highest BCUT2D eigenvalue weighted by Crippen LogP contribution is 2.31. The Hall–Kier alpha value is -8.64. The number of oxazole rings is 3. The summed E-state index contributed by atoms with van der Waals surface area (Å²) in [5, 5.41) is 27.1. The van der Waals surface area contributed by atoms with Gasteiger partial charge in [0.15, 0.2) is 16.7 Å². The van der Waals surface area contributed by atoms with E-state index >= 15 is 0 Å². The van der Waals surface area contributed by atoms with Crippen molar-refractivity contribution in [3.05, 3.63) is 186 Å². The van der Waals surface area contributed by atoms with Crippen LogP contribution in [0.4, 0.5) is 0 Å². The van der Waals surface area contributed by atoms with Gasteiger partial charge in [-0.2, -0.15) is 0 Å². The van der Waals surface area contributed by atoms with Crippen LogP contribution in [0.1, 0.15) is 81.7 Å². The molecule has 0 unspecified atom stereocenters. The second-order valence-electron chi connectivity index (χ2n) is 16.0. The molecular formula is C54H43N3O9. The summed E-state index contributed by atoms with van der Waals surface area (Å²) in [7, 11) is 0. The minimum absolute atomic E-state index is 0.195. The Kier molecular flexibility index (Phi) is 12.7. The van der Waals surface area contributed by atoms with E-state index in [0.29, 0.717) is 62.9 Å². The zero-order valence-electron chi connectivity index (χ0n) is 36.3. The smallest absolute Gasteiger partial charge is 0.335 e. The van der Waals surface area contributed by atoms with E-state index in [4.69, 9.17) is 28.6 Å². The molecule has 0 aliphatic carbocycles. The number of hydrogen-bond acceptors (Lipinski definition) is 9.